The van der Waals surface area contributed by atoms with E-state index in [9.17, 15) is 9.18 Å². The molecular formula is C18H14FN5O. The highest BCUT2D eigenvalue weighted by atomic mass is 19.1. The van der Waals surface area contributed by atoms with Crippen molar-refractivity contribution in [2.24, 2.45) is 0 Å². The van der Waals surface area contributed by atoms with Crippen LogP contribution in [0.3, 0.4) is 0 Å². The number of benzene rings is 2. The fourth-order valence-corrected chi connectivity index (χ4v) is 2.75. The van der Waals surface area contributed by atoms with E-state index in [1.807, 2.05) is 25.1 Å². The van der Waals surface area contributed by atoms with Gasteiger partial charge in [0.1, 0.15) is 17.5 Å². The van der Waals surface area contributed by atoms with Gasteiger partial charge in [0.15, 0.2) is 5.78 Å². The molecule has 0 spiro atoms. The summed E-state index contributed by atoms with van der Waals surface area (Å²) in [5, 5.41) is 4.22. The summed E-state index contributed by atoms with van der Waals surface area (Å²) in [7, 11) is 0. The first-order valence-corrected chi connectivity index (χ1v) is 7.63. The maximum atomic E-state index is 13.0. The minimum Gasteiger partial charge on any atom is -0.383 e. The number of carbonyl (C=O) groups excluding carboxylic acids is 1. The molecule has 0 saturated heterocycles. The number of aromatic nitrogens is 4. The molecule has 3 N–H and O–H groups in total. The summed E-state index contributed by atoms with van der Waals surface area (Å²) in [5.41, 5.74) is 9.15. The predicted molar refractivity (Wildman–Crippen MR) is 92.2 cm³/mol. The van der Waals surface area contributed by atoms with E-state index >= 15 is 0 Å². The third kappa shape index (κ3) is 2.55. The highest BCUT2D eigenvalue weighted by Gasteiger charge is 2.18. The molecule has 0 aliphatic rings. The third-order valence-electron chi connectivity index (χ3n) is 3.99. The summed E-state index contributed by atoms with van der Waals surface area (Å²) in [6.07, 6.45) is 1.42. The monoisotopic (exact) mass is 335 g/mol. The van der Waals surface area contributed by atoms with E-state index in [4.69, 9.17) is 5.73 Å². The van der Waals surface area contributed by atoms with E-state index in [1.54, 1.807) is 0 Å². The van der Waals surface area contributed by atoms with Crippen LogP contribution in [-0.4, -0.2) is 25.5 Å². The Labute approximate surface area is 142 Å². The van der Waals surface area contributed by atoms with Gasteiger partial charge in [0.25, 0.3) is 0 Å². The molecule has 0 radical (unpaired) electrons. The molecule has 0 fully saturated rings. The molecule has 7 heteroatoms. The molecule has 2 heterocycles. The van der Waals surface area contributed by atoms with Crippen molar-refractivity contribution in [1.82, 2.24) is 19.7 Å². The van der Waals surface area contributed by atoms with Crippen LogP contribution in [0.2, 0.25) is 0 Å². The maximum absolute atomic E-state index is 13.0. The zero-order valence-electron chi connectivity index (χ0n) is 13.3. The van der Waals surface area contributed by atoms with E-state index in [0.717, 1.165) is 16.9 Å². The van der Waals surface area contributed by atoms with Crippen molar-refractivity contribution in [3.05, 3.63) is 71.4 Å². The number of fused-ring (bicyclic) bond motifs is 1. The number of carbonyl (C=O) groups is 1. The van der Waals surface area contributed by atoms with Crippen molar-refractivity contribution in [3.8, 4) is 5.69 Å². The zero-order chi connectivity index (χ0) is 17.6. The number of rotatable bonds is 3. The van der Waals surface area contributed by atoms with Crippen molar-refractivity contribution in [1.29, 1.82) is 0 Å². The van der Waals surface area contributed by atoms with Gasteiger partial charge in [-0.2, -0.15) is 5.10 Å². The number of anilines is 1. The van der Waals surface area contributed by atoms with Crippen LogP contribution in [-0.2, 0) is 0 Å². The van der Waals surface area contributed by atoms with Crippen LogP contribution in [0.1, 0.15) is 21.7 Å². The fourth-order valence-electron chi connectivity index (χ4n) is 2.75. The van der Waals surface area contributed by atoms with Crippen LogP contribution in [0.5, 0.6) is 0 Å². The smallest absolute Gasteiger partial charge is 0.198 e. The molecule has 0 unspecified atom stereocenters. The molecule has 0 atom stereocenters. The third-order valence-corrected chi connectivity index (χ3v) is 3.99. The van der Waals surface area contributed by atoms with E-state index in [-0.39, 0.29) is 17.2 Å². The lowest BCUT2D eigenvalue weighted by atomic mass is 10.1. The molecule has 2 aromatic heterocycles. The number of nitrogens with one attached hydrogen (secondary N) is 1. The van der Waals surface area contributed by atoms with Gasteiger partial charge in [-0.15, -0.1) is 0 Å². The van der Waals surface area contributed by atoms with Crippen molar-refractivity contribution in [2.75, 3.05) is 5.73 Å². The van der Waals surface area contributed by atoms with Gasteiger partial charge in [0.2, 0.25) is 0 Å². The van der Waals surface area contributed by atoms with Crippen molar-refractivity contribution in [3.63, 3.8) is 0 Å². The van der Waals surface area contributed by atoms with Gasteiger partial charge in [0, 0.05) is 5.56 Å². The first-order valence-electron chi connectivity index (χ1n) is 7.63. The van der Waals surface area contributed by atoms with E-state index in [0.29, 0.717) is 11.3 Å². The molecule has 2 aromatic carbocycles. The number of H-pyrrole nitrogens is 1. The summed E-state index contributed by atoms with van der Waals surface area (Å²) in [5.74, 6) is 0.331. The number of hydrogen-bond acceptors (Lipinski definition) is 4. The summed E-state index contributed by atoms with van der Waals surface area (Å²) < 4.78 is 14.5. The number of aryl methyl sites for hydroxylation is 1. The molecule has 0 aliphatic heterocycles. The number of aromatic amines is 1. The van der Waals surface area contributed by atoms with Crippen LogP contribution in [0.15, 0.2) is 48.7 Å². The minimum absolute atomic E-state index is 0.223. The molecule has 0 aliphatic carbocycles. The number of nitrogen functional groups attached to an aromatic ring is 1. The standard InChI is InChI=1S/C18H14FN5O/c1-10-22-15-7-6-13(8-16(15)23-10)24-18(20)14(9-21-24)17(25)11-2-4-12(19)5-3-11/h2-9H,20H2,1H3,(H,22,23). The fraction of sp³-hybridized carbons (Fsp3) is 0.0556. The van der Waals surface area contributed by atoms with E-state index in [1.165, 1.54) is 35.1 Å². The van der Waals surface area contributed by atoms with Gasteiger partial charge in [-0.25, -0.2) is 14.1 Å². The Morgan fingerprint density at radius 1 is 1.20 bits per heavy atom. The van der Waals surface area contributed by atoms with E-state index in [2.05, 4.69) is 15.1 Å². The molecule has 4 aromatic rings. The summed E-state index contributed by atoms with van der Waals surface area (Å²) in [6, 6.07) is 10.9. The maximum Gasteiger partial charge on any atom is 0.198 e. The van der Waals surface area contributed by atoms with Crippen LogP contribution >= 0.6 is 0 Å². The molecular weight excluding hydrogens is 321 g/mol. The Bertz CT molecular complexity index is 1090. The van der Waals surface area contributed by atoms with Gasteiger partial charge in [-0.1, -0.05) is 0 Å². The second kappa shape index (κ2) is 5.55. The van der Waals surface area contributed by atoms with Crippen molar-refractivity contribution in [2.45, 2.75) is 6.92 Å². The van der Waals surface area contributed by atoms with Crippen LogP contribution in [0.25, 0.3) is 16.7 Å². The number of hydrogen-bond donors (Lipinski definition) is 2. The number of ketones is 1. The Morgan fingerprint density at radius 3 is 2.72 bits per heavy atom. The van der Waals surface area contributed by atoms with Gasteiger partial charge >= 0.3 is 0 Å². The predicted octanol–water partition coefficient (Wildman–Crippen LogP) is 3.01. The topological polar surface area (TPSA) is 89.6 Å². The van der Waals surface area contributed by atoms with Crippen molar-refractivity contribution < 1.29 is 9.18 Å². The Hall–Kier alpha value is -3.48. The minimum atomic E-state index is -0.400. The number of nitrogens with two attached hydrogens (primary N) is 1. The van der Waals surface area contributed by atoms with Gasteiger partial charge in [-0.3, -0.25) is 4.79 Å². The van der Waals surface area contributed by atoms with Gasteiger partial charge < -0.3 is 10.7 Å². The highest BCUT2D eigenvalue weighted by molar-refractivity contribution is 6.11. The average molecular weight is 335 g/mol. The van der Waals surface area contributed by atoms with Gasteiger partial charge in [0.05, 0.1) is 28.5 Å². The Balaban J connectivity index is 1.74. The Morgan fingerprint density at radius 2 is 1.96 bits per heavy atom. The van der Waals surface area contributed by atoms with Crippen molar-refractivity contribution >= 4 is 22.6 Å². The molecule has 4 rings (SSSR count). The molecule has 0 amide bonds. The van der Waals surface area contributed by atoms with E-state index < -0.39 is 5.82 Å². The molecule has 124 valence electrons. The molecule has 0 bridgehead atoms. The molecule has 25 heavy (non-hydrogen) atoms. The van der Waals surface area contributed by atoms with Gasteiger partial charge in [-0.05, 0) is 49.4 Å². The second-order valence-electron chi connectivity index (χ2n) is 5.71. The lowest BCUT2D eigenvalue weighted by Crippen LogP contribution is -2.07. The summed E-state index contributed by atoms with van der Waals surface area (Å²) >= 11 is 0. The normalized spacial score (nSPS) is 11.1. The lowest BCUT2D eigenvalue weighted by Gasteiger charge is -2.05. The van der Waals surface area contributed by atoms with Crippen LogP contribution in [0, 0.1) is 12.7 Å². The zero-order valence-corrected chi connectivity index (χ0v) is 13.3. The lowest BCUT2D eigenvalue weighted by molar-refractivity contribution is 0.103. The highest BCUT2D eigenvalue weighted by Crippen LogP contribution is 2.22. The van der Waals surface area contributed by atoms with Crippen LogP contribution in [0.4, 0.5) is 10.2 Å². The van der Waals surface area contributed by atoms with Crippen LogP contribution < -0.4 is 5.73 Å². The summed E-state index contributed by atoms with van der Waals surface area (Å²) in [6.45, 7) is 1.88. The molecule has 6 nitrogen and oxygen atoms in total. The number of imidazole rings is 1. The Kier molecular flexibility index (Phi) is 3.35. The first-order chi connectivity index (χ1) is 12.0. The number of halogens is 1. The number of nitrogens with zero attached hydrogens (tertiary/aromatic N) is 3. The summed E-state index contributed by atoms with van der Waals surface area (Å²) in [4.78, 5) is 20.1. The molecule has 0 saturated carbocycles. The SMILES string of the molecule is Cc1nc2cc(-n3ncc(C(=O)c4ccc(F)cc4)c3N)ccc2[nH]1. The second-order valence-corrected chi connectivity index (χ2v) is 5.71. The first kappa shape index (κ1) is 15.1. The quantitative estimate of drug-likeness (QED) is 0.563. The largest absolute Gasteiger partial charge is 0.383 e. The average Bonchev–Trinajstić information content (AvgIpc) is 3.16.